The predicted octanol–water partition coefficient (Wildman–Crippen LogP) is 3.93. The van der Waals surface area contributed by atoms with E-state index in [-0.39, 0.29) is 5.02 Å². The molecule has 2 aromatic carbocycles. The second kappa shape index (κ2) is 5.46. The Labute approximate surface area is 104 Å². The van der Waals surface area contributed by atoms with E-state index in [1.807, 2.05) is 30.3 Å². The third-order valence-corrected chi connectivity index (χ3v) is 2.42. The largest absolute Gasteiger partial charge is 0.278 e. The Morgan fingerprint density at radius 2 is 1.88 bits per heavy atom. The third-order valence-electron chi connectivity index (χ3n) is 2.13. The molecule has 2 aromatic rings. The van der Waals surface area contributed by atoms with Crippen molar-refractivity contribution >= 4 is 23.5 Å². The highest BCUT2D eigenvalue weighted by Crippen LogP contribution is 2.19. The molecule has 0 amide bonds. The zero-order valence-electron chi connectivity index (χ0n) is 8.90. The van der Waals surface area contributed by atoms with E-state index in [0.717, 1.165) is 5.56 Å². The minimum atomic E-state index is -0.441. The monoisotopic (exact) mass is 248 g/mol. The van der Waals surface area contributed by atoms with Crippen molar-refractivity contribution in [2.45, 2.75) is 0 Å². The van der Waals surface area contributed by atoms with E-state index in [2.05, 4.69) is 10.5 Å². The van der Waals surface area contributed by atoms with Gasteiger partial charge in [-0.15, -0.1) is 0 Å². The molecule has 0 fully saturated rings. The molecule has 0 spiro atoms. The van der Waals surface area contributed by atoms with Crippen LogP contribution in [0.15, 0.2) is 53.6 Å². The summed E-state index contributed by atoms with van der Waals surface area (Å²) in [4.78, 5) is 0. The van der Waals surface area contributed by atoms with E-state index in [4.69, 9.17) is 11.6 Å². The number of anilines is 1. The summed E-state index contributed by atoms with van der Waals surface area (Å²) in [6, 6.07) is 14.0. The molecule has 1 N–H and O–H groups in total. The summed E-state index contributed by atoms with van der Waals surface area (Å²) < 4.78 is 12.9. The maximum atomic E-state index is 12.9. The van der Waals surface area contributed by atoms with Crippen LogP contribution in [0.4, 0.5) is 10.1 Å². The molecule has 2 nitrogen and oxygen atoms in total. The maximum Gasteiger partial charge on any atom is 0.141 e. The van der Waals surface area contributed by atoms with Gasteiger partial charge >= 0.3 is 0 Å². The molecule has 0 aliphatic heterocycles. The topological polar surface area (TPSA) is 24.4 Å². The standard InChI is InChI=1S/C13H10ClFN2/c14-12-8-11(6-7-13(12)15)17-16-9-10-4-2-1-3-5-10/h1-9,17H/b16-9+. The lowest BCUT2D eigenvalue weighted by atomic mass is 10.2. The number of hydrogen-bond acceptors (Lipinski definition) is 2. The van der Waals surface area contributed by atoms with Gasteiger partial charge in [-0.3, -0.25) is 5.43 Å². The summed E-state index contributed by atoms with van der Waals surface area (Å²) in [5, 5.41) is 4.10. The van der Waals surface area contributed by atoms with Crippen molar-refractivity contribution in [1.82, 2.24) is 0 Å². The summed E-state index contributed by atoms with van der Waals surface area (Å²) in [6.45, 7) is 0. The molecular formula is C13H10ClFN2. The van der Waals surface area contributed by atoms with Gasteiger partial charge in [-0.1, -0.05) is 41.9 Å². The first kappa shape index (κ1) is 11.6. The Hall–Kier alpha value is -1.87. The van der Waals surface area contributed by atoms with Crippen molar-refractivity contribution in [3.8, 4) is 0 Å². The minimum Gasteiger partial charge on any atom is -0.278 e. The van der Waals surface area contributed by atoms with Gasteiger partial charge in [0.1, 0.15) is 5.82 Å². The molecule has 4 heteroatoms. The van der Waals surface area contributed by atoms with Crippen LogP contribution in [0, 0.1) is 5.82 Å². The highest BCUT2D eigenvalue weighted by atomic mass is 35.5. The lowest BCUT2D eigenvalue weighted by molar-refractivity contribution is 0.628. The van der Waals surface area contributed by atoms with Gasteiger partial charge in [-0.05, 0) is 23.8 Å². The summed E-state index contributed by atoms with van der Waals surface area (Å²) in [5.41, 5.74) is 4.40. The second-order valence-electron chi connectivity index (χ2n) is 3.41. The quantitative estimate of drug-likeness (QED) is 0.646. The van der Waals surface area contributed by atoms with Crippen LogP contribution in [0.25, 0.3) is 0 Å². The Morgan fingerprint density at radius 3 is 2.59 bits per heavy atom. The first-order valence-corrected chi connectivity index (χ1v) is 5.43. The lowest BCUT2D eigenvalue weighted by Crippen LogP contribution is -1.91. The van der Waals surface area contributed by atoms with Crippen molar-refractivity contribution < 1.29 is 4.39 Å². The number of halogens is 2. The number of nitrogens with zero attached hydrogens (tertiary/aromatic N) is 1. The van der Waals surface area contributed by atoms with Crippen LogP contribution < -0.4 is 5.43 Å². The zero-order valence-corrected chi connectivity index (χ0v) is 9.66. The van der Waals surface area contributed by atoms with Gasteiger partial charge in [0.15, 0.2) is 0 Å². The maximum absolute atomic E-state index is 12.9. The van der Waals surface area contributed by atoms with Gasteiger partial charge in [-0.2, -0.15) is 5.10 Å². The molecule has 2 rings (SSSR count). The van der Waals surface area contributed by atoms with Crippen LogP contribution in [0.3, 0.4) is 0 Å². The first-order valence-electron chi connectivity index (χ1n) is 5.05. The number of rotatable bonds is 3. The average Bonchev–Trinajstić information content (AvgIpc) is 2.35. The second-order valence-corrected chi connectivity index (χ2v) is 3.82. The van der Waals surface area contributed by atoms with Crippen molar-refractivity contribution in [1.29, 1.82) is 0 Å². The molecule has 0 bridgehead atoms. The van der Waals surface area contributed by atoms with Crippen molar-refractivity contribution in [3.05, 3.63) is 64.9 Å². The van der Waals surface area contributed by atoms with Crippen LogP contribution in [-0.2, 0) is 0 Å². The van der Waals surface area contributed by atoms with Gasteiger partial charge in [0, 0.05) is 0 Å². The molecule has 86 valence electrons. The van der Waals surface area contributed by atoms with E-state index >= 15 is 0 Å². The number of hydrogen-bond donors (Lipinski definition) is 1. The average molecular weight is 249 g/mol. The van der Waals surface area contributed by atoms with Crippen LogP contribution in [-0.4, -0.2) is 6.21 Å². The van der Waals surface area contributed by atoms with Gasteiger partial charge in [0.25, 0.3) is 0 Å². The summed E-state index contributed by atoms with van der Waals surface area (Å²) in [5.74, 6) is -0.441. The van der Waals surface area contributed by atoms with E-state index < -0.39 is 5.82 Å². The third kappa shape index (κ3) is 3.29. The Bertz CT molecular complexity index is 526. The van der Waals surface area contributed by atoms with E-state index in [1.165, 1.54) is 12.1 Å². The van der Waals surface area contributed by atoms with Gasteiger partial charge in [0.05, 0.1) is 16.9 Å². The van der Waals surface area contributed by atoms with E-state index in [0.29, 0.717) is 5.69 Å². The van der Waals surface area contributed by atoms with Crippen LogP contribution in [0.5, 0.6) is 0 Å². The summed E-state index contributed by atoms with van der Waals surface area (Å²) >= 11 is 5.64. The summed E-state index contributed by atoms with van der Waals surface area (Å²) in [6.07, 6.45) is 1.68. The molecule has 0 saturated heterocycles. The molecule has 0 aromatic heterocycles. The predicted molar refractivity (Wildman–Crippen MR) is 69.1 cm³/mol. The molecule has 0 aliphatic rings. The smallest absolute Gasteiger partial charge is 0.141 e. The molecule has 17 heavy (non-hydrogen) atoms. The fourth-order valence-corrected chi connectivity index (χ4v) is 1.47. The van der Waals surface area contributed by atoms with Gasteiger partial charge in [0.2, 0.25) is 0 Å². The highest BCUT2D eigenvalue weighted by Gasteiger charge is 1.98. The van der Waals surface area contributed by atoms with E-state index in [9.17, 15) is 4.39 Å². The first-order chi connectivity index (χ1) is 8.25. The Morgan fingerprint density at radius 1 is 1.12 bits per heavy atom. The number of benzene rings is 2. The van der Waals surface area contributed by atoms with Crippen LogP contribution in [0.1, 0.15) is 5.56 Å². The fraction of sp³-hybridized carbons (Fsp3) is 0. The molecule has 0 radical (unpaired) electrons. The SMILES string of the molecule is Fc1ccc(N/N=C/c2ccccc2)cc1Cl. The lowest BCUT2D eigenvalue weighted by Gasteiger charge is -2.01. The molecule has 0 atom stereocenters. The van der Waals surface area contributed by atoms with Crippen LogP contribution >= 0.6 is 11.6 Å². The Balaban J connectivity index is 2.03. The van der Waals surface area contributed by atoms with Gasteiger partial charge in [-0.25, -0.2) is 4.39 Å². The minimum absolute atomic E-state index is 0.0740. The van der Waals surface area contributed by atoms with Crippen molar-refractivity contribution in [2.75, 3.05) is 5.43 Å². The molecule has 0 saturated carbocycles. The zero-order chi connectivity index (χ0) is 12.1. The summed E-state index contributed by atoms with van der Waals surface area (Å²) in [7, 11) is 0. The van der Waals surface area contributed by atoms with E-state index in [1.54, 1.807) is 12.3 Å². The molecular weight excluding hydrogens is 239 g/mol. The van der Waals surface area contributed by atoms with Crippen LogP contribution in [0.2, 0.25) is 5.02 Å². The highest BCUT2D eigenvalue weighted by molar-refractivity contribution is 6.31. The van der Waals surface area contributed by atoms with Gasteiger partial charge < -0.3 is 0 Å². The normalized spacial score (nSPS) is 10.7. The fourth-order valence-electron chi connectivity index (χ4n) is 1.29. The van der Waals surface area contributed by atoms with Crippen molar-refractivity contribution in [2.24, 2.45) is 5.10 Å². The number of hydrazone groups is 1. The van der Waals surface area contributed by atoms with Crippen molar-refractivity contribution in [3.63, 3.8) is 0 Å². The Kier molecular flexibility index (Phi) is 3.73. The number of nitrogens with one attached hydrogen (secondary N) is 1. The molecule has 0 unspecified atom stereocenters. The molecule has 0 heterocycles. The molecule has 0 aliphatic carbocycles.